The van der Waals surface area contributed by atoms with Crippen molar-refractivity contribution < 1.29 is 24.1 Å². The van der Waals surface area contributed by atoms with Crippen LogP contribution in [0.2, 0.25) is 0 Å². The zero-order chi connectivity index (χ0) is 34.3. The van der Waals surface area contributed by atoms with Gasteiger partial charge in [-0.25, -0.2) is 0 Å². The molecule has 7 rings (SSSR count). The van der Waals surface area contributed by atoms with Crippen LogP contribution < -0.4 is 4.74 Å². The summed E-state index contributed by atoms with van der Waals surface area (Å²) in [6.07, 6.45) is 12.7. The molecule has 2 saturated heterocycles. The zero-order valence-corrected chi connectivity index (χ0v) is 30.0. The van der Waals surface area contributed by atoms with Crippen LogP contribution in [0.1, 0.15) is 103 Å². The summed E-state index contributed by atoms with van der Waals surface area (Å²) >= 11 is 0. The second-order valence-corrected chi connectivity index (χ2v) is 15.2. The molecule has 7 nitrogen and oxygen atoms in total. The third-order valence-corrected chi connectivity index (χ3v) is 12.0. The number of piperazine rings is 1. The number of aliphatic hydroxyl groups is 1. The molecular formula is C43H56N2O5. The van der Waals surface area contributed by atoms with Crippen molar-refractivity contribution in [3.05, 3.63) is 94.5 Å². The Balaban J connectivity index is 0.926. The van der Waals surface area contributed by atoms with E-state index in [-0.39, 0.29) is 18.3 Å². The molecule has 1 saturated carbocycles. The second kappa shape index (κ2) is 16.4. The van der Waals surface area contributed by atoms with E-state index in [0.717, 1.165) is 69.9 Å². The summed E-state index contributed by atoms with van der Waals surface area (Å²) in [5, 5.41) is 10.2. The molecule has 2 atom stereocenters. The zero-order valence-electron chi connectivity index (χ0n) is 30.0. The fraction of sp³-hybridized carbons (Fsp3) is 0.558. The fourth-order valence-corrected chi connectivity index (χ4v) is 9.07. The van der Waals surface area contributed by atoms with Crippen LogP contribution in [0.5, 0.6) is 11.5 Å². The molecule has 2 aliphatic carbocycles. The van der Waals surface area contributed by atoms with Gasteiger partial charge in [0.15, 0.2) is 5.79 Å². The summed E-state index contributed by atoms with van der Waals surface area (Å²) in [6.45, 7) is 8.10. The number of hydrogen-bond acceptors (Lipinski definition) is 6. The largest absolute Gasteiger partial charge is 0.457 e. The standard InChI is InChI=1S/C43H56N2O5/c1-2-7-32-8-3-4-9-33-10-5-6-11-36(33)28-38(32)30-44-22-24-45(25-23-44)42(47)35-12-15-40(16-13-35)50-41-17-14-37(29-39(41)31-46)34-18-20-43(21-19-34)48-26-27-49-43/h5-6,10-17,29,32,34,38,46H,2-4,7-9,18-28,30-31H2,1H3. The number of carbonyl (C=O) groups is 1. The van der Waals surface area contributed by atoms with E-state index in [1.807, 2.05) is 35.2 Å². The molecule has 0 aromatic heterocycles. The number of carbonyl (C=O) groups excluding carboxylic acids is 1. The fourth-order valence-electron chi connectivity index (χ4n) is 9.07. The molecule has 3 fully saturated rings. The Kier molecular flexibility index (Phi) is 11.5. The van der Waals surface area contributed by atoms with E-state index < -0.39 is 0 Å². The molecule has 2 unspecified atom stereocenters. The number of nitrogens with zero attached hydrogens (tertiary/aromatic N) is 2. The van der Waals surface area contributed by atoms with E-state index >= 15 is 0 Å². The molecule has 0 bridgehead atoms. The molecule has 0 radical (unpaired) electrons. The summed E-state index contributed by atoms with van der Waals surface area (Å²) in [5.41, 5.74) is 5.78. The van der Waals surface area contributed by atoms with Crippen LogP contribution in [0.3, 0.4) is 0 Å². The van der Waals surface area contributed by atoms with Gasteiger partial charge < -0.3 is 24.2 Å². The van der Waals surface area contributed by atoms with Crippen LogP contribution in [0, 0.1) is 11.8 Å². The number of fused-ring (bicyclic) bond motifs is 1. The van der Waals surface area contributed by atoms with E-state index in [2.05, 4.69) is 48.2 Å². The Morgan fingerprint density at radius 1 is 0.880 bits per heavy atom. The van der Waals surface area contributed by atoms with Crippen molar-refractivity contribution in [2.75, 3.05) is 45.9 Å². The van der Waals surface area contributed by atoms with Gasteiger partial charge in [0.2, 0.25) is 0 Å². The number of hydrogen-bond donors (Lipinski definition) is 1. The van der Waals surface area contributed by atoms with Gasteiger partial charge in [0.1, 0.15) is 11.5 Å². The Bertz CT molecular complexity index is 1550. The van der Waals surface area contributed by atoms with Gasteiger partial charge >= 0.3 is 0 Å². The lowest BCUT2D eigenvalue weighted by Crippen LogP contribution is -2.50. The van der Waals surface area contributed by atoms with E-state index in [1.54, 1.807) is 11.1 Å². The van der Waals surface area contributed by atoms with Crippen molar-refractivity contribution in [1.82, 2.24) is 9.80 Å². The smallest absolute Gasteiger partial charge is 0.253 e. The van der Waals surface area contributed by atoms with Crippen molar-refractivity contribution in [3.8, 4) is 11.5 Å². The quantitative estimate of drug-likeness (QED) is 0.246. The highest BCUT2D eigenvalue weighted by Gasteiger charge is 2.40. The summed E-state index contributed by atoms with van der Waals surface area (Å²) in [4.78, 5) is 18.2. The summed E-state index contributed by atoms with van der Waals surface area (Å²) < 4.78 is 18.0. The Hall–Kier alpha value is -3.23. The molecule has 3 aromatic carbocycles. The van der Waals surface area contributed by atoms with Crippen LogP contribution in [0.4, 0.5) is 0 Å². The molecule has 50 heavy (non-hydrogen) atoms. The maximum Gasteiger partial charge on any atom is 0.253 e. The number of rotatable bonds is 9. The highest BCUT2D eigenvalue weighted by molar-refractivity contribution is 5.94. The Morgan fingerprint density at radius 2 is 1.62 bits per heavy atom. The second-order valence-electron chi connectivity index (χ2n) is 15.2. The van der Waals surface area contributed by atoms with Gasteiger partial charge in [-0.15, -0.1) is 0 Å². The SMILES string of the molecule is CCCC1CCCCc2ccccc2CC1CN1CCN(C(=O)c2ccc(Oc3ccc(C4CCC5(CC4)OCCO5)cc3CO)cc2)CC1. The van der Waals surface area contributed by atoms with Gasteiger partial charge in [0.25, 0.3) is 5.91 Å². The number of aliphatic hydroxyl groups excluding tert-OH is 1. The first-order chi connectivity index (χ1) is 24.5. The Morgan fingerprint density at radius 3 is 2.34 bits per heavy atom. The van der Waals surface area contributed by atoms with Crippen molar-refractivity contribution >= 4 is 5.91 Å². The van der Waals surface area contributed by atoms with Crippen LogP contribution >= 0.6 is 0 Å². The first-order valence-electron chi connectivity index (χ1n) is 19.4. The van der Waals surface area contributed by atoms with E-state index in [0.29, 0.717) is 42.1 Å². The number of ether oxygens (including phenoxy) is 3. The monoisotopic (exact) mass is 680 g/mol. The molecule has 268 valence electrons. The first kappa shape index (κ1) is 35.2. The maximum atomic E-state index is 13.6. The van der Waals surface area contributed by atoms with Gasteiger partial charge in [0.05, 0.1) is 19.8 Å². The van der Waals surface area contributed by atoms with Gasteiger partial charge in [0, 0.05) is 56.7 Å². The molecule has 2 aliphatic heterocycles. The third kappa shape index (κ3) is 8.28. The van der Waals surface area contributed by atoms with E-state index in [9.17, 15) is 9.90 Å². The van der Waals surface area contributed by atoms with Gasteiger partial charge in [-0.2, -0.15) is 0 Å². The van der Waals surface area contributed by atoms with Gasteiger partial charge in [-0.05, 0) is 103 Å². The van der Waals surface area contributed by atoms with Crippen LogP contribution in [-0.2, 0) is 28.9 Å². The molecule has 1 spiro atoms. The molecule has 1 amide bonds. The first-order valence-corrected chi connectivity index (χ1v) is 19.4. The summed E-state index contributed by atoms with van der Waals surface area (Å²) in [6, 6.07) is 22.7. The Labute approximate surface area is 298 Å². The molecule has 4 aliphatic rings. The lowest BCUT2D eigenvalue weighted by Gasteiger charge is -2.38. The molecule has 1 N–H and O–H groups in total. The molecule has 2 heterocycles. The average Bonchev–Trinajstić information content (AvgIpc) is 3.63. The average molecular weight is 681 g/mol. The lowest BCUT2D eigenvalue weighted by molar-refractivity contribution is -0.178. The minimum Gasteiger partial charge on any atom is -0.457 e. The molecular weight excluding hydrogens is 624 g/mol. The van der Waals surface area contributed by atoms with Crippen molar-refractivity contribution in [3.63, 3.8) is 0 Å². The topological polar surface area (TPSA) is 71.5 Å². The highest BCUT2D eigenvalue weighted by Crippen LogP contribution is 2.43. The normalized spacial score (nSPS) is 23.2. The summed E-state index contributed by atoms with van der Waals surface area (Å²) in [7, 11) is 0. The number of amides is 1. The minimum absolute atomic E-state index is 0.0829. The number of aryl methyl sites for hydroxylation is 1. The number of benzene rings is 3. The van der Waals surface area contributed by atoms with Crippen molar-refractivity contribution in [2.24, 2.45) is 11.8 Å². The van der Waals surface area contributed by atoms with Crippen molar-refractivity contribution in [1.29, 1.82) is 0 Å². The van der Waals surface area contributed by atoms with Gasteiger partial charge in [-0.3, -0.25) is 9.69 Å². The third-order valence-electron chi connectivity index (χ3n) is 12.0. The van der Waals surface area contributed by atoms with Crippen LogP contribution in [0.25, 0.3) is 0 Å². The maximum absolute atomic E-state index is 13.6. The van der Waals surface area contributed by atoms with E-state index in [4.69, 9.17) is 14.2 Å². The van der Waals surface area contributed by atoms with Crippen molar-refractivity contribution in [2.45, 2.75) is 95.9 Å². The minimum atomic E-state index is -0.374. The molecule has 3 aromatic rings. The van der Waals surface area contributed by atoms with Crippen LogP contribution in [-0.4, -0.2) is 72.5 Å². The van der Waals surface area contributed by atoms with Crippen LogP contribution in [0.15, 0.2) is 66.7 Å². The van der Waals surface area contributed by atoms with E-state index in [1.165, 1.54) is 50.5 Å². The highest BCUT2D eigenvalue weighted by atomic mass is 16.7. The lowest BCUT2D eigenvalue weighted by atomic mass is 9.80. The molecule has 7 heteroatoms. The van der Waals surface area contributed by atoms with Gasteiger partial charge in [-0.1, -0.05) is 62.9 Å². The summed E-state index contributed by atoms with van der Waals surface area (Å²) in [5.74, 6) is 2.85. The predicted octanol–water partition coefficient (Wildman–Crippen LogP) is 8.13. The predicted molar refractivity (Wildman–Crippen MR) is 197 cm³/mol.